The van der Waals surface area contributed by atoms with Crippen LogP contribution in [-0.2, 0) is 6.18 Å². The molecule has 0 aliphatic heterocycles. The summed E-state index contributed by atoms with van der Waals surface area (Å²) in [6, 6.07) is 2.90. The van der Waals surface area contributed by atoms with Crippen LogP contribution in [0.4, 0.5) is 13.2 Å². The predicted octanol–water partition coefficient (Wildman–Crippen LogP) is 3.68. The summed E-state index contributed by atoms with van der Waals surface area (Å²) in [5.41, 5.74) is -0.964. The van der Waals surface area contributed by atoms with Crippen LogP contribution in [0.5, 0.6) is 0 Å². The van der Waals surface area contributed by atoms with Crippen molar-refractivity contribution in [3.63, 3.8) is 0 Å². The first-order valence-corrected chi connectivity index (χ1v) is 4.59. The van der Waals surface area contributed by atoms with E-state index in [1.54, 1.807) is 6.07 Å². The van der Waals surface area contributed by atoms with E-state index in [1.807, 2.05) is 0 Å². The van der Waals surface area contributed by atoms with Crippen LogP contribution >= 0.6 is 11.6 Å². The first-order chi connectivity index (χ1) is 7.45. The summed E-state index contributed by atoms with van der Waals surface area (Å²) < 4.78 is 37.5. The molecule has 16 heavy (non-hydrogen) atoms. The molecule has 0 radical (unpaired) electrons. The van der Waals surface area contributed by atoms with Crippen molar-refractivity contribution in [3.05, 3.63) is 34.6 Å². The molecule has 0 saturated heterocycles. The van der Waals surface area contributed by atoms with Gasteiger partial charge in [0.25, 0.3) is 0 Å². The molecule has 2 nitrogen and oxygen atoms in total. The van der Waals surface area contributed by atoms with Gasteiger partial charge in [-0.3, -0.25) is 0 Å². The van der Waals surface area contributed by atoms with Gasteiger partial charge in [-0.15, -0.1) is 0 Å². The van der Waals surface area contributed by atoms with Gasteiger partial charge in [0.05, 0.1) is 18.1 Å². The quantitative estimate of drug-likeness (QED) is 0.747. The van der Waals surface area contributed by atoms with Gasteiger partial charge in [0.2, 0.25) is 0 Å². The lowest BCUT2D eigenvalue weighted by atomic mass is 10.1. The average molecular weight is 247 g/mol. The molecular formula is C10H6ClF3N2. The van der Waals surface area contributed by atoms with Crippen molar-refractivity contribution in [2.24, 2.45) is 0 Å². The van der Waals surface area contributed by atoms with Crippen molar-refractivity contribution in [1.82, 2.24) is 4.98 Å². The molecule has 0 amide bonds. The van der Waals surface area contributed by atoms with Crippen molar-refractivity contribution < 1.29 is 13.2 Å². The molecule has 0 atom stereocenters. The molecule has 1 heterocycles. The summed E-state index contributed by atoms with van der Waals surface area (Å²) in [6.07, 6.45) is -1.23. The van der Waals surface area contributed by atoms with Crippen LogP contribution in [0, 0.1) is 11.3 Å². The Morgan fingerprint density at radius 1 is 1.50 bits per heavy atom. The Labute approximate surface area is 95.0 Å². The lowest BCUT2D eigenvalue weighted by Gasteiger charge is -2.09. The predicted molar refractivity (Wildman–Crippen MR) is 53.5 cm³/mol. The Morgan fingerprint density at radius 2 is 2.19 bits per heavy atom. The SMILES string of the molecule is N#CCC=Cc1cc(Cl)ncc1C(F)(F)F. The zero-order chi connectivity index (χ0) is 12.2. The van der Waals surface area contributed by atoms with Gasteiger partial charge >= 0.3 is 6.18 Å². The lowest BCUT2D eigenvalue weighted by Crippen LogP contribution is -2.08. The number of halogens is 4. The van der Waals surface area contributed by atoms with E-state index in [1.165, 1.54) is 12.2 Å². The highest BCUT2D eigenvalue weighted by atomic mass is 35.5. The Bertz CT molecular complexity index is 446. The normalized spacial score (nSPS) is 11.7. The first-order valence-electron chi connectivity index (χ1n) is 4.21. The van der Waals surface area contributed by atoms with Crippen LogP contribution in [-0.4, -0.2) is 4.98 Å². The number of nitriles is 1. The third kappa shape index (κ3) is 3.24. The van der Waals surface area contributed by atoms with Gasteiger partial charge in [-0.1, -0.05) is 23.8 Å². The van der Waals surface area contributed by atoms with Crippen LogP contribution in [0.25, 0.3) is 6.08 Å². The van der Waals surface area contributed by atoms with Crippen molar-refractivity contribution in [3.8, 4) is 6.07 Å². The zero-order valence-corrected chi connectivity index (χ0v) is 8.68. The molecule has 0 spiro atoms. The maximum Gasteiger partial charge on any atom is 0.418 e. The van der Waals surface area contributed by atoms with E-state index in [4.69, 9.17) is 16.9 Å². The number of rotatable bonds is 2. The summed E-state index contributed by atoms with van der Waals surface area (Å²) in [5.74, 6) is 0. The topological polar surface area (TPSA) is 36.7 Å². The second-order valence-electron chi connectivity index (χ2n) is 2.86. The molecule has 1 rings (SSSR count). The number of hydrogen-bond acceptors (Lipinski definition) is 2. The van der Waals surface area contributed by atoms with E-state index in [0.29, 0.717) is 6.20 Å². The fourth-order valence-corrected chi connectivity index (χ4v) is 1.22. The number of alkyl halides is 3. The van der Waals surface area contributed by atoms with Crippen LogP contribution in [0.3, 0.4) is 0 Å². The first kappa shape index (κ1) is 12.5. The van der Waals surface area contributed by atoms with Gasteiger partial charge in [-0.05, 0) is 11.6 Å². The summed E-state index contributed by atoms with van der Waals surface area (Å²) in [4.78, 5) is 3.38. The van der Waals surface area contributed by atoms with E-state index >= 15 is 0 Å². The maximum atomic E-state index is 12.5. The molecule has 0 aliphatic carbocycles. The Balaban J connectivity index is 3.15. The third-order valence-electron chi connectivity index (χ3n) is 1.71. The molecule has 0 bridgehead atoms. The van der Waals surface area contributed by atoms with Gasteiger partial charge in [-0.25, -0.2) is 4.98 Å². The minimum Gasteiger partial charge on any atom is -0.244 e. The second kappa shape index (κ2) is 4.99. The Hall–Kier alpha value is -1.54. The summed E-state index contributed by atoms with van der Waals surface area (Å²) in [5, 5.41) is 8.24. The van der Waals surface area contributed by atoms with Gasteiger partial charge in [0.1, 0.15) is 5.15 Å². The van der Waals surface area contributed by atoms with Gasteiger partial charge in [0, 0.05) is 6.20 Å². The molecule has 0 saturated carbocycles. The van der Waals surface area contributed by atoms with Crippen molar-refractivity contribution >= 4 is 17.7 Å². The highest BCUT2D eigenvalue weighted by Crippen LogP contribution is 2.32. The highest BCUT2D eigenvalue weighted by molar-refractivity contribution is 6.29. The minimum absolute atomic E-state index is 0.0235. The van der Waals surface area contributed by atoms with Gasteiger partial charge in [0.15, 0.2) is 0 Å². The second-order valence-corrected chi connectivity index (χ2v) is 3.24. The van der Waals surface area contributed by atoms with E-state index in [0.717, 1.165) is 6.07 Å². The molecular weight excluding hydrogens is 241 g/mol. The summed E-state index contributed by atoms with van der Waals surface area (Å²) >= 11 is 5.50. The van der Waals surface area contributed by atoms with Crippen molar-refractivity contribution in [2.75, 3.05) is 0 Å². The van der Waals surface area contributed by atoms with Gasteiger partial charge in [-0.2, -0.15) is 18.4 Å². The zero-order valence-electron chi connectivity index (χ0n) is 7.92. The standard InChI is InChI=1S/C10H6ClF3N2/c11-9-5-7(3-1-2-4-15)8(6-16-9)10(12,13)14/h1,3,5-6H,2H2. The maximum absolute atomic E-state index is 12.5. The Kier molecular flexibility index (Phi) is 3.91. The fourth-order valence-electron chi connectivity index (χ4n) is 1.06. The molecule has 0 aromatic carbocycles. The number of allylic oxidation sites excluding steroid dienone is 1. The van der Waals surface area contributed by atoms with Crippen molar-refractivity contribution in [1.29, 1.82) is 5.26 Å². The van der Waals surface area contributed by atoms with E-state index in [9.17, 15) is 13.2 Å². The molecule has 6 heteroatoms. The van der Waals surface area contributed by atoms with Crippen molar-refractivity contribution in [2.45, 2.75) is 12.6 Å². The van der Waals surface area contributed by atoms with Crippen LogP contribution < -0.4 is 0 Å². The van der Waals surface area contributed by atoms with E-state index < -0.39 is 11.7 Å². The number of nitrogens with zero attached hydrogens (tertiary/aromatic N) is 2. The van der Waals surface area contributed by atoms with E-state index in [-0.39, 0.29) is 17.1 Å². The Morgan fingerprint density at radius 3 is 2.75 bits per heavy atom. The summed E-state index contributed by atoms with van der Waals surface area (Å²) in [7, 11) is 0. The smallest absolute Gasteiger partial charge is 0.244 e. The number of aromatic nitrogens is 1. The van der Waals surface area contributed by atoms with Crippen LogP contribution in [0.15, 0.2) is 18.3 Å². The van der Waals surface area contributed by atoms with E-state index in [2.05, 4.69) is 4.98 Å². The lowest BCUT2D eigenvalue weighted by molar-refractivity contribution is -0.137. The third-order valence-corrected chi connectivity index (χ3v) is 1.92. The largest absolute Gasteiger partial charge is 0.418 e. The number of pyridine rings is 1. The minimum atomic E-state index is -4.48. The number of hydrogen-bond donors (Lipinski definition) is 0. The monoisotopic (exact) mass is 246 g/mol. The molecule has 0 fully saturated rings. The molecule has 0 N–H and O–H groups in total. The molecule has 84 valence electrons. The van der Waals surface area contributed by atoms with Crippen LogP contribution in [0.1, 0.15) is 17.5 Å². The van der Waals surface area contributed by atoms with Gasteiger partial charge < -0.3 is 0 Å². The molecule has 1 aromatic rings. The average Bonchev–Trinajstić information content (AvgIpc) is 2.16. The molecule has 0 aliphatic rings. The fraction of sp³-hybridized carbons (Fsp3) is 0.200. The highest BCUT2D eigenvalue weighted by Gasteiger charge is 2.33. The molecule has 1 aromatic heterocycles. The van der Waals surface area contributed by atoms with Crippen LogP contribution in [0.2, 0.25) is 5.15 Å². The molecule has 0 unspecified atom stereocenters. The summed E-state index contributed by atoms with van der Waals surface area (Å²) in [6.45, 7) is 0.